The van der Waals surface area contributed by atoms with Crippen molar-refractivity contribution in [3.05, 3.63) is 52.8 Å². The number of nitrogens with zero attached hydrogens (tertiary/aromatic N) is 3. The number of likely N-dealkylation sites (N-methyl/N-ethyl adjacent to an activating group) is 1. The molecule has 1 unspecified atom stereocenters. The summed E-state index contributed by atoms with van der Waals surface area (Å²) in [6.45, 7) is 11.6. The predicted molar refractivity (Wildman–Crippen MR) is 99.7 cm³/mol. The molecule has 5 nitrogen and oxygen atoms in total. The molecule has 2 rings (SSSR count). The molecule has 1 heterocycles. The van der Waals surface area contributed by atoms with Crippen molar-refractivity contribution in [2.24, 2.45) is 0 Å². The minimum Gasteiger partial charge on any atom is -0.387 e. The third-order valence-electron chi connectivity index (χ3n) is 4.42. The van der Waals surface area contributed by atoms with Crippen LogP contribution in [0.4, 0.5) is 0 Å². The molecular formula is C20H29N3O2. The number of carbonyl (C=O) groups excluding carboxylic acids is 1. The van der Waals surface area contributed by atoms with E-state index in [-0.39, 0.29) is 18.4 Å². The van der Waals surface area contributed by atoms with Gasteiger partial charge >= 0.3 is 0 Å². The largest absolute Gasteiger partial charge is 0.387 e. The van der Waals surface area contributed by atoms with E-state index in [1.165, 1.54) is 0 Å². The number of rotatable bonds is 7. The topological polar surface area (TPSA) is 58.4 Å². The molecule has 5 heteroatoms. The molecule has 0 aliphatic heterocycles. The summed E-state index contributed by atoms with van der Waals surface area (Å²) in [7, 11) is 0. The third kappa shape index (κ3) is 4.48. The average Bonchev–Trinajstić information content (AvgIpc) is 3.04. The van der Waals surface area contributed by atoms with Crippen molar-refractivity contribution in [2.45, 2.75) is 53.2 Å². The summed E-state index contributed by atoms with van der Waals surface area (Å²) >= 11 is 0. The molecule has 136 valence electrons. The highest BCUT2D eigenvalue weighted by Crippen LogP contribution is 2.21. The minimum absolute atomic E-state index is 0.0722. The smallest absolute Gasteiger partial charge is 0.257 e. The molecule has 0 saturated carbocycles. The van der Waals surface area contributed by atoms with Crippen molar-refractivity contribution in [1.82, 2.24) is 14.7 Å². The van der Waals surface area contributed by atoms with E-state index < -0.39 is 6.10 Å². The molecule has 0 saturated heterocycles. The molecule has 25 heavy (non-hydrogen) atoms. The maximum absolute atomic E-state index is 13.0. The first-order valence-corrected chi connectivity index (χ1v) is 8.98. The zero-order valence-corrected chi connectivity index (χ0v) is 15.9. The molecule has 1 aromatic heterocycles. The molecule has 0 bridgehead atoms. The predicted octanol–water partition coefficient (Wildman–Crippen LogP) is 3.53. The van der Waals surface area contributed by atoms with Gasteiger partial charge in [-0.1, -0.05) is 43.7 Å². The van der Waals surface area contributed by atoms with Crippen molar-refractivity contribution >= 4 is 5.91 Å². The summed E-state index contributed by atoms with van der Waals surface area (Å²) in [4.78, 5) is 14.7. The molecule has 1 aromatic carbocycles. The first-order valence-electron chi connectivity index (χ1n) is 8.98. The Kier molecular flexibility index (Phi) is 6.37. The molecule has 1 atom stereocenters. The quantitative estimate of drug-likeness (QED) is 0.837. The fourth-order valence-electron chi connectivity index (χ4n) is 2.82. The Hall–Kier alpha value is -2.14. The first-order chi connectivity index (χ1) is 11.9. The number of amides is 1. The van der Waals surface area contributed by atoms with Gasteiger partial charge in [0.1, 0.15) is 0 Å². The molecule has 0 fully saturated rings. The Morgan fingerprint density at radius 1 is 1.24 bits per heavy atom. The fraction of sp³-hybridized carbons (Fsp3) is 0.500. The van der Waals surface area contributed by atoms with Gasteiger partial charge in [0.05, 0.1) is 23.9 Å². The average molecular weight is 343 g/mol. The molecular weight excluding hydrogens is 314 g/mol. The second-order valence-electron chi connectivity index (χ2n) is 6.71. The van der Waals surface area contributed by atoms with Crippen LogP contribution in [0.1, 0.15) is 66.9 Å². The van der Waals surface area contributed by atoms with Gasteiger partial charge in [-0.3, -0.25) is 9.48 Å². The SMILES string of the molecule is CCN(CC(O)c1ccc(C)cc1)C(=O)c1cn(CC)nc1C(C)C. The fourth-order valence-corrected chi connectivity index (χ4v) is 2.82. The van der Waals surface area contributed by atoms with E-state index in [2.05, 4.69) is 5.10 Å². The first kappa shape index (κ1) is 19.2. The standard InChI is InChI=1S/C20H29N3O2/c1-6-22(13-18(24)16-10-8-15(5)9-11-16)20(25)17-12-23(7-2)21-19(17)14(3)4/h8-12,14,18,24H,6-7,13H2,1-5H3. The number of aromatic nitrogens is 2. The molecule has 0 spiro atoms. The van der Waals surface area contributed by atoms with E-state index in [4.69, 9.17) is 0 Å². The van der Waals surface area contributed by atoms with E-state index in [1.807, 2.05) is 65.1 Å². The van der Waals surface area contributed by atoms with Crippen LogP contribution in [0, 0.1) is 6.92 Å². The number of aryl methyl sites for hydroxylation is 2. The summed E-state index contributed by atoms with van der Waals surface area (Å²) in [5.74, 6) is 0.101. The normalized spacial score (nSPS) is 12.4. The lowest BCUT2D eigenvalue weighted by atomic mass is 10.0. The molecule has 0 radical (unpaired) electrons. The van der Waals surface area contributed by atoms with Gasteiger partial charge in [-0.2, -0.15) is 5.10 Å². The number of hydrogen-bond acceptors (Lipinski definition) is 3. The zero-order valence-electron chi connectivity index (χ0n) is 15.9. The van der Waals surface area contributed by atoms with Crippen molar-refractivity contribution in [3.63, 3.8) is 0 Å². The van der Waals surface area contributed by atoms with Crippen molar-refractivity contribution < 1.29 is 9.90 Å². The van der Waals surface area contributed by atoms with Gasteiger partial charge in [-0.15, -0.1) is 0 Å². The highest BCUT2D eigenvalue weighted by atomic mass is 16.3. The lowest BCUT2D eigenvalue weighted by Gasteiger charge is -2.24. The maximum Gasteiger partial charge on any atom is 0.257 e. The van der Waals surface area contributed by atoms with E-state index in [9.17, 15) is 9.90 Å². The van der Waals surface area contributed by atoms with Crippen LogP contribution >= 0.6 is 0 Å². The highest BCUT2D eigenvalue weighted by molar-refractivity contribution is 5.95. The second kappa shape index (κ2) is 8.30. The van der Waals surface area contributed by atoms with Gasteiger partial charge < -0.3 is 10.0 Å². The van der Waals surface area contributed by atoms with Gasteiger partial charge in [-0.25, -0.2) is 0 Å². The summed E-state index contributed by atoms with van der Waals surface area (Å²) in [5.41, 5.74) is 3.42. The Morgan fingerprint density at radius 3 is 2.40 bits per heavy atom. The number of hydrogen-bond donors (Lipinski definition) is 1. The number of carbonyl (C=O) groups is 1. The Morgan fingerprint density at radius 2 is 1.88 bits per heavy atom. The lowest BCUT2D eigenvalue weighted by molar-refractivity contribution is 0.0633. The summed E-state index contributed by atoms with van der Waals surface area (Å²) in [6, 6.07) is 7.76. The lowest BCUT2D eigenvalue weighted by Crippen LogP contribution is -2.35. The van der Waals surface area contributed by atoms with Gasteiger partial charge in [0.15, 0.2) is 0 Å². The monoisotopic (exact) mass is 343 g/mol. The molecule has 0 aliphatic carbocycles. The van der Waals surface area contributed by atoms with Gasteiger partial charge in [-0.05, 0) is 32.3 Å². The third-order valence-corrected chi connectivity index (χ3v) is 4.42. The Bertz CT molecular complexity index is 704. The van der Waals surface area contributed by atoms with E-state index >= 15 is 0 Å². The number of aliphatic hydroxyl groups is 1. The van der Waals surface area contributed by atoms with Crippen LogP contribution in [0.3, 0.4) is 0 Å². The highest BCUT2D eigenvalue weighted by Gasteiger charge is 2.24. The van der Waals surface area contributed by atoms with Crippen molar-refractivity contribution in [1.29, 1.82) is 0 Å². The Labute approximate surface area is 150 Å². The summed E-state index contributed by atoms with van der Waals surface area (Å²) in [5, 5.41) is 15.0. The van der Waals surface area contributed by atoms with Crippen LogP contribution in [-0.2, 0) is 6.54 Å². The van der Waals surface area contributed by atoms with E-state index in [0.29, 0.717) is 12.1 Å². The van der Waals surface area contributed by atoms with Crippen LogP contribution in [-0.4, -0.2) is 38.8 Å². The van der Waals surface area contributed by atoms with E-state index in [0.717, 1.165) is 23.4 Å². The molecule has 1 N–H and O–H groups in total. The van der Waals surface area contributed by atoms with Crippen LogP contribution in [0.25, 0.3) is 0 Å². The van der Waals surface area contributed by atoms with Crippen LogP contribution < -0.4 is 0 Å². The van der Waals surface area contributed by atoms with Gasteiger partial charge in [0.2, 0.25) is 0 Å². The number of aliphatic hydroxyl groups excluding tert-OH is 1. The summed E-state index contributed by atoms with van der Waals surface area (Å²) < 4.78 is 1.80. The van der Waals surface area contributed by atoms with Crippen LogP contribution in [0.2, 0.25) is 0 Å². The second-order valence-corrected chi connectivity index (χ2v) is 6.71. The van der Waals surface area contributed by atoms with Crippen molar-refractivity contribution in [3.8, 4) is 0 Å². The van der Waals surface area contributed by atoms with Crippen molar-refractivity contribution in [2.75, 3.05) is 13.1 Å². The molecule has 0 aliphatic rings. The van der Waals surface area contributed by atoms with Gasteiger partial charge in [0.25, 0.3) is 5.91 Å². The van der Waals surface area contributed by atoms with Gasteiger partial charge in [0, 0.05) is 19.3 Å². The molecule has 2 aromatic rings. The minimum atomic E-state index is -0.701. The molecule has 1 amide bonds. The summed E-state index contributed by atoms with van der Waals surface area (Å²) in [6.07, 6.45) is 1.12. The van der Waals surface area contributed by atoms with E-state index in [1.54, 1.807) is 9.58 Å². The zero-order chi connectivity index (χ0) is 18.6. The Balaban J connectivity index is 2.21. The maximum atomic E-state index is 13.0. The van der Waals surface area contributed by atoms with Crippen LogP contribution in [0.5, 0.6) is 0 Å². The van der Waals surface area contributed by atoms with Crippen LogP contribution in [0.15, 0.2) is 30.5 Å². The number of benzene rings is 1.